The Kier molecular flexibility index (Phi) is 5.16. The first kappa shape index (κ1) is 17.2. The van der Waals surface area contributed by atoms with Crippen LogP contribution in [0.25, 0.3) is 0 Å². The molecule has 0 bridgehead atoms. The summed E-state index contributed by atoms with van der Waals surface area (Å²) in [6, 6.07) is 9.25. The highest BCUT2D eigenvalue weighted by Crippen LogP contribution is 2.26. The third-order valence-electron chi connectivity index (χ3n) is 4.38. The van der Waals surface area contributed by atoms with Crippen molar-refractivity contribution in [3.63, 3.8) is 0 Å². The zero-order valence-corrected chi connectivity index (χ0v) is 15.0. The molecule has 132 valence electrons. The highest BCUT2D eigenvalue weighted by atomic mass is 16.5. The number of nitrogens with zero attached hydrogens (tertiary/aromatic N) is 3. The molecular formula is C19H24N4O2. The fourth-order valence-corrected chi connectivity index (χ4v) is 3.11. The third-order valence-corrected chi connectivity index (χ3v) is 4.38. The molecule has 1 amide bonds. The average Bonchev–Trinajstić information content (AvgIpc) is 2.63. The van der Waals surface area contributed by atoms with Gasteiger partial charge in [-0.3, -0.25) is 4.79 Å². The normalized spacial score (nSPS) is 17.5. The molecular weight excluding hydrogens is 316 g/mol. The van der Waals surface area contributed by atoms with Gasteiger partial charge in [0.15, 0.2) is 0 Å². The quantitative estimate of drug-likeness (QED) is 0.906. The minimum atomic E-state index is -0.279. The number of hydrogen-bond acceptors (Lipinski definition) is 5. The second kappa shape index (κ2) is 7.51. The summed E-state index contributed by atoms with van der Waals surface area (Å²) in [4.78, 5) is 23.6. The van der Waals surface area contributed by atoms with Crippen LogP contribution in [0.2, 0.25) is 0 Å². The van der Waals surface area contributed by atoms with Gasteiger partial charge in [0.25, 0.3) is 0 Å². The van der Waals surface area contributed by atoms with Gasteiger partial charge in [-0.05, 0) is 38.3 Å². The molecule has 6 nitrogen and oxygen atoms in total. The van der Waals surface area contributed by atoms with E-state index in [1.54, 1.807) is 7.11 Å². The van der Waals surface area contributed by atoms with Crippen molar-refractivity contribution in [3.05, 3.63) is 41.9 Å². The van der Waals surface area contributed by atoms with Gasteiger partial charge in [-0.2, -0.15) is 0 Å². The third kappa shape index (κ3) is 3.90. The molecule has 2 aromatic rings. The molecule has 0 radical (unpaired) electrons. The van der Waals surface area contributed by atoms with Crippen LogP contribution in [-0.2, 0) is 11.2 Å². The van der Waals surface area contributed by atoms with Crippen LogP contribution in [0, 0.1) is 6.92 Å². The predicted molar refractivity (Wildman–Crippen MR) is 98.1 cm³/mol. The zero-order chi connectivity index (χ0) is 17.8. The Balaban J connectivity index is 1.79. The van der Waals surface area contributed by atoms with Crippen LogP contribution in [-0.4, -0.2) is 35.6 Å². The molecule has 0 saturated carbocycles. The van der Waals surface area contributed by atoms with Crippen molar-refractivity contribution in [3.8, 4) is 5.75 Å². The van der Waals surface area contributed by atoms with Gasteiger partial charge in [-0.15, -0.1) is 0 Å². The van der Waals surface area contributed by atoms with Gasteiger partial charge in [0.2, 0.25) is 5.91 Å². The topological polar surface area (TPSA) is 67.3 Å². The second-order valence-corrected chi connectivity index (χ2v) is 6.18. The maximum Gasteiger partial charge on any atom is 0.249 e. The number of piperidine rings is 1. The first-order valence-electron chi connectivity index (χ1n) is 8.67. The number of carbonyl (C=O) groups excluding carboxylic acids is 1. The summed E-state index contributed by atoms with van der Waals surface area (Å²) in [7, 11) is 1.63. The van der Waals surface area contributed by atoms with E-state index in [4.69, 9.17) is 4.74 Å². The van der Waals surface area contributed by atoms with E-state index in [0.29, 0.717) is 6.54 Å². The number of methoxy groups -OCH3 is 1. The average molecular weight is 340 g/mol. The Labute approximate surface area is 148 Å². The Morgan fingerprint density at radius 2 is 2.16 bits per heavy atom. The van der Waals surface area contributed by atoms with Crippen molar-refractivity contribution in [2.24, 2.45) is 0 Å². The van der Waals surface area contributed by atoms with Crippen molar-refractivity contribution in [1.29, 1.82) is 0 Å². The van der Waals surface area contributed by atoms with E-state index in [1.165, 1.54) is 0 Å². The molecule has 1 aromatic carbocycles. The Morgan fingerprint density at radius 3 is 2.92 bits per heavy atom. The van der Waals surface area contributed by atoms with Gasteiger partial charge in [-0.1, -0.05) is 13.0 Å². The molecule has 1 unspecified atom stereocenters. The summed E-state index contributed by atoms with van der Waals surface area (Å²) < 4.78 is 5.27. The van der Waals surface area contributed by atoms with Crippen LogP contribution in [0.3, 0.4) is 0 Å². The van der Waals surface area contributed by atoms with Crippen LogP contribution >= 0.6 is 0 Å². The van der Waals surface area contributed by atoms with E-state index < -0.39 is 0 Å². The van der Waals surface area contributed by atoms with Crippen molar-refractivity contribution < 1.29 is 9.53 Å². The number of carbonyl (C=O) groups is 1. The molecule has 1 fully saturated rings. The van der Waals surface area contributed by atoms with E-state index in [0.717, 1.165) is 48.0 Å². The summed E-state index contributed by atoms with van der Waals surface area (Å²) in [5.41, 5.74) is 1.84. The number of aryl methyl sites for hydroxylation is 2. The summed E-state index contributed by atoms with van der Waals surface area (Å²) >= 11 is 0. The molecule has 6 heteroatoms. The summed E-state index contributed by atoms with van der Waals surface area (Å²) in [5, 5.41) is 3.30. The number of rotatable bonds is 5. The minimum Gasteiger partial charge on any atom is -0.497 e. The van der Waals surface area contributed by atoms with Gasteiger partial charge in [0, 0.05) is 30.1 Å². The maximum atomic E-state index is 12.9. The smallest absolute Gasteiger partial charge is 0.249 e. The summed E-state index contributed by atoms with van der Waals surface area (Å²) in [6.45, 7) is 4.64. The number of ether oxygens (including phenoxy) is 1. The van der Waals surface area contributed by atoms with Gasteiger partial charge < -0.3 is 15.0 Å². The zero-order valence-electron chi connectivity index (χ0n) is 15.0. The lowest BCUT2D eigenvalue weighted by Crippen LogP contribution is -2.48. The largest absolute Gasteiger partial charge is 0.497 e. The highest BCUT2D eigenvalue weighted by Gasteiger charge is 2.30. The van der Waals surface area contributed by atoms with E-state index >= 15 is 0 Å². The van der Waals surface area contributed by atoms with E-state index in [-0.39, 0.29) is 11.9 Å². The SMILES string of the molecule is CCc1cc(NC2CCCN(c3cccc(OC)c3)C2=O)nc(C)n1. The Morgan fingerprint density at radius 1 is 1.32 bits per heavy atom. The lowest BCUT2D eigenvalue weighted by molar-refractivity contribution is -0.120. The Bertz CT molecular complexity index is 763. The standard InChI is InChI=1S/C19H24N4O2/c1-4-14-11-18(21-13(2)20-14)22-17-9-6-10-23(19(17)24)15-7-5-8-16(12-15)25-3/h5,7-8,11-12,17H,4,6,9-10H2,1-3H3,(H,20,21,22). The Hall–Kier alpha value is -2.63. The monoisotopic (exact) mass is 340 g/mol. The molecule has 1 saturated heterocycles. The molecule has 1 aromatic heterocycles. The van der Waals surface area contributed by atoms with Crippen molar-refractivity contribution in [1.82, 2.24) is 9.97 Å². The number of benzene rings is 1. The minimum absolute atomic E-state index is 0.0637. The molecule has 0 aliphatic carbocycles. The molecule has 0 spiro atoms. The molecule has 25 heavy (non-hydrogen) atoms. The van der Waals surface area contributed by atoms with Gasteiger partial charge >= 0.3 is 0 Å². The fourth-order valence-electron chi connectivity index (χ4n) is 3.11. The van der Waals surface area contributed by atoms with Crippen LogP contribution in [0.1, 0.15) is 31.3 Å². The molecule has 1 aliphatic heterocycles. The first-order chi connectivity index (χ1) is 12.1. The van der Waals surface area contributed by atoms with Crippen LogP contribution in [0.5, 0.6) is 5.75 Å². The number of amides is 1. The molecule has 1 aliphatic rings. The second-order valence-electron chi connectivity index (χ2n) is 6.18. The van der Waals surface area contributed by atoms with E-state index in [1.807, 2.05) is 42.2 Å². The first-order valence-corrected chi connectivity index (χ1v) is 8.67. The lowest BCUT2D eigenvalue weighted by atomic mass is 10.0. The van der Waals surface area contributed by atoms with Crippen molar-refractivity contribution >= 4 is 17.4 Å². The van der Waals surface area contributed by atoms with Crippen molar-refractivity contribution in [2.75, 3.05) is 23.9 Å². The van der Waals surface area contributed by atoms with Crippen LogP contribution in [0.4, 0.5) is 11.5 Å². The molecule has 2 heterocycles. The maximum absolute atomic E-state index is 12.9. The number of hydrogen-bond donors (Lipinski definition) is 1. The summed E-state index contributed by atoms with van der Waals surface area (Å²) in [6.07, 6.45) is 2.57. The highest BCUT2D eigenvalue weighted by molar-refractivity contribution is 5.99. The van der Waals surface area contributed by atoms with Crippen LogP contribution < -0.4 is 15.0 Å². The lowest BCUT2D eigenvalue weighted by Gasteiger charge is -2.33. The number of aromatic nitrogens is 2. The molecule has 1 atom stereocenters. The van der Waals surface area contributed by atoms with Gasteiger partial charge in [-0.25, -0.2) is 9.97 Å². The number of anilines is 2. The van der Waals surface area contributed by atoms with E-state index in [2.05, 4.69) is 22.2 Å². The predicted octanol–water partition coefficient (Wildman–Crippen LogP) is 2.96. The van der Waals surface area contributed by atoms with E-state index in [9.17, 15) is 4.79 Å². The van der Waals surface area contributed by atoms with Gasteiger partial charge in [0.05, 0.1) is 7.11 Å². The summed E-state index contributed by atoms with van der Waals surface area (Å²) in [5.74, 6) is 2.25. The molecule has 3 rings (SSSR count). The molecule has 1 N–H and O–H groups in total. The fraction of sp³-hybridized carbons (Fsp3) is 0.421. The van der Waals surface area contributed by atoms with Gasteiger partial charge in [0.1, 0.15) is 23.4 Å². The van der Waals surface area contributed by atoms with Crippen LogP contribution in [0.15, 0.2) is 30.3 Å². The van der Waals surface area contributed by atoms with Crippen molar-refractivity contribution in [2.45, 2.75) is 39.2 Å². The number of nitrogens with one attached hydrogen (secondary N) is 1.